The number of amides is 2. The van der Waals surface area contributed by atoms with Gasteiger partial charge in [-0.3, -0.25) is 0 Å². The lowest BCUT2D eigenvalue weighted by Crippen LogP contribution is -2.41. The van der Waals surface area contributed by atoms with Crippen molar-refractivity contribution in [1.82, 2.24) is 14.8 Å². The lowest BCUT2D eigenvalue weighted by atomic mass is 10.0. The number of para-hydroxylation sites is 1. The Labute approximate surface area is 175 Å². The van der Waals surface area contributed by atoms with Gasteiger partial charge < -0.3 is 19.2 Å². The molecule has 5 rings (SSSR count). The average molecular weight is 397 g/mol. The summed E-state index contributed by atoms with van der Waals surface area (Å²) in [5.41, 5.74) is 5.56. The minimum atomic E-state index is -0.204. The summed E-state index contributed by atoms with van der Waals surface area (Å²) in [5.74, 6) is 0.730. The van der Waals surface area contributed by atoms with Crippen LogP contribution < -0.4 is 5.32 Å². The van der Waals surface area contributed by atoms with E-state index >= 15 is 0 Å². The normalized spacial score (nSPS) is 15.2. The number of carbonyl (C=O) groups is 1. The predicted octanol–water partition coefficient (Wildman–Crippen LogP) is 5.19. The molecule has 0 saturated heterocycles. The van der Waals surface area contributed by atoms with E-state index in [4.69, 9.17) is 4.42 Å². The molecule has 150 valence electrons. The molecule has 0 radical (unpaired) electrons. The SMILES string of the molecule is Cc1ccc(C2c3cccn3-c3ccccc3CN2C(=O)NCc2ccco2)cc1. The van der Waals surface area contributed by atoms with Crippen LogP contribution in [0.25, 0.3) is 5.69 Å². The summed E-state index contributed by atoms with van der Waals surface area (Å²) in [4.78, 5) is 15.3. The highest BCUT2D eigenvalue weighted by atomic mass is 16.3. The van der Waals surface area contributed by atoms with Gasteiger partial charge in [0, 0.05) is 11.9 Å². The molecule has 2 amide bonds. The third-order valence-electron chi connectivity index (χ3n) is 5.61. The van der Waals surface area contributed by atoms with E-state index in [-0.39, 0.29) is 12.1 Å². The van der Waals surface area contributed by atoms with Crippen LogP contribution in [-0.2, 0) is 13.1 Å². The molecule has 0 aliphatic carbocycles. The fourth-order valence-electron chi connectivity index (χ4n) is 4.12. The van der Waals surface area contributed by atoms with E-state index in [0.717, 1.165) is 28.3 Å². The molecule has 0 spiro atoms. The molecular formula is C25H23N3O2. The summed E-state index contributed by atoms with van der Waals surface area (Å²) in [6.45, 7) is 2.94. The first kappa shape index (κ1) is 18.3. The van der Waals surface area contributed by atoms with E-state index < -0.39 is 0 Å². The van der Waals surface area contributed by atoms with Gasteiger partial charge in [-0.05, 0) is 48.4 Å². The number of carbonyl (C=O) groups excluding carboxylic acids is 1. The largest absolute Gasteiger partial charge is 0.467 e. The maximum Gasteiger partial charge on any atom is 0.318 e. The summed E-state index contributed by atoms with van der Waals surface area (Å²) >= 11 is 0. The standard InChI is InChI=1S/C25H23N3O2/c1-18-10-12-19(13-11-18)24-23-9-4-14-27(23)22-8-3-2-6-20(22)17-28(24)25(29)26-16-21-7-5-15-30-21/h2-15,24H,16-17H2,1H3,(H,26,29). The van der Waals surface area contributed by atoms with Crippen molar-refractivity contribution in [3.63, 3.8) is 0 Å². The fourth-order valence-corrected chi connectivity index (χ4v) is 4.12. The molecule has 0 fully saturated rings. The van der Waals surface area contributed by atoms with Crippen LogP contribution in [0.4, 0.5) is 4.79 Å². The van der Waals surface area contributed by atoms with Gasteiger partial charge in [0.25, 0.3) is 0 Å². The lowest BCUT2D eigenvalue weighted by molar-refractivity contribution is 0.179. The number of benzene rings is 2. The Hall–Kier alpha value is -3.73. The van der Waals surface area contributed by atoms with Gasteiger partial charge in [-0.25, -0.2) is 4.79 Å². The Bertz CT molecular complexity index is 1160. The monoisotopic (exact) mass is 397 g/mol. The quantitative estimate of drug-likeness (QED) is 0.517. The minimum Gasteiger partial charge on any atom is -0.467 e. The summed E-state index contributed by atoms with van der Waals surface area (Å²) < 4.78 is 7.58. The number of rotatable bonds is 3. The number of nitrogens with one attached hydrogen (secondary N) is 1. The van der Waals surface area contributed by atoms with Crippen LogP contribution in [-0.4, -0.2) is 15.5 Å². The van der Waals surface area contributed by atoms with Gasteiger partial charge in [-0.2, -0.15) is 0 Å². The van der Waals surface area contributed by atoms with E-state index in [2.05, 4.69) is 65.5 Å². The third-order valence-corrected chi connectivity index (χ3v) is 5.61. The number of furan rings is 1. The summed E-state index contributed by atoms with van der Waals surface area (Å²) in [7, 11) is 0. The highest BCUT2D eigenvalue weighted by Crippen LogP contribution is 2.36. The van der Waals surface area contributed by atoms with Crippen LogP contribution in [0.3, 0.4) is 0 Å². The first-order valence-corrected chi connectivity index (χ1v) is 10.1. The van der Waals surface area contributed by atoms with Crippen LogP contribution in [0.1, 0.15) is 34.2 Å². The molecule has 5 nitrogen and oxygen atoms in total. The number of aromatic nitrogens is 1. The molecule has 2 aromatic carbocycles. The fraction of sp³-hybridized carbons (Fsp3) is 0.160. The Morgan fingerprint density at radius 3 is 2.67 bits per heavy atom. The Balaban J connectivity index is 1.58. The number of fused-ring (bicyclic) bond motifs is 3. The molecule has 30 heavy (non-hydrogen) atoms. The molecule has 1 N–H and O–H groups in total. The minimum absolute atomic E-state index is 0.124. The number of hydrogen-bond acceptors (Lipinski definition) is 2. The van der Waals surface area contributed by atoms with E-state index in [0.29, 0.717) is 13.1 Å². The number of nitrogens with zero attached hydrogens (tertiary/aromatic N) is 2. The molecule has 1 aliphatic rings. The maximum absolute atomic E-state index is 13.4. The second-order valence-electron chi connectivity index (χ2n) is 7.61. The van der Waals surface area contributed by atoms with Crippen molar-refractivity contribution in [1.29, 1.82) is 0 Å². The summed E-state index contributed by atoms with van der Waals surface area (Å²) in [6, 6.07) is 24.2. The molecular weight excluding hydrogens is 374 g/mol. The van der Waals surface area contributed by atoms with Gasteiger partial charge in [0.05, 0.1) is 31.1 Å². The van der Waals surface area contributed by atoms with E-state index in [1.54, 1.807) is 6.26 Å². The third kappa shape index (κ3) is 3.28. The van der Waals surface area contributed by atoms with Crippen LogP contribution in [0, 0.1) is 6.92 Å². The molecule has 1 unspecified atom stereocenters. The van der Waals surface area contributed by atoms with Crippen molar-refractivity contribution >= 4 is 6.03 Å². The molecule has 4 aromatic rings. The van der Waals surface area contributed by atoms with Crippen molar-refractivity contribution in [2.24, 2.45) is 0 Å². The van der Waals surface area contributed by atoms with Gasteiger partial charge in [-0.1, -0.05) is 48.0 Å². The summed E-state index contributed by atoms with van der Waals surface area (Å²) in [5, 5.41) is 3.03. The van der Waals surface area contributed by atoms with Crippen molar-refractivity contribution < 1.29 is 9.21 Å². The van der Waals surface area contributed by atoms with Gasteiger partial charge in [0.2, 0.25) is 0 Å². The van der Waals surface area contributed by atoms with Crippen LogP contribution >= 0.6 is 0 Å². The molecule has 1 atom stereocenters. The van der Waals surface area contributed by atoms with Crippen LogP contribution in [0.2, 0.25) is 0 Å². The summed E-state index contributed by atoms with van der Waals surface area (Å²) in [6.07, 6.45) is 3.69. The lowest BCUT2D eigenvalue weighted by Gasteiger charge is -2.31. The molecule has 5 heteroatoms. The highest BCUT2D eigenvalue weighted by molar-refractivity contribution is 5.76. The van der Waals surface area contributed by atoms with E-state index in [9.17, 15) is 4.79 Å². The van der Waals surface area contributed by atoms with Crippen molar-refractivity contribution in [3.8, 4) is 5.69 Å². The van der Waals surface area contributed by atoms with Gasteiger partial charge >= 0.3 is 6.03 Å². The average Bonchev–Trinajstić information content (AvgIpc) is 3.43. The topological polar surface area (TPSA) is 50.4 Å². The molecule has 1 aliphatic heterocycles. The molecule has 0 saturated carbocycles. The first-order chi connectivity index (χ1) is 14.7. The second kappa shape index (κ2) is 7.59. The zero-order chi connectivity index (χ0) is 20.5. The van der Waals surface area contributed by atoms with Gasteiger partial charge in [-0.15, -0.1) is 0 Å². The highest BCUT2D eigenvalue weighted by Gasteiger charge is 2.32. The van der Waals surface area contributed by atoms with E-state index in [1.807, 2.05) is 35.2 Å². The number of aryl methyl sites for hydroxylation is 1. The predicted molar refractivity (Wildman–Crippen MR) is 115 cm³/mol. The number of urea groups is 1. The zero-order valence-corrected chi connectivity index (χ0v) is 16.8. The maximum atomic E-state index is 13.4. The zero-order valence-electron chi connectivity index (χ0n) is 16.8. The number of hydrogen-bond donors (Lipinski definition) is 1. The second-order valence-corrected chi connectivity index (χ2v) is 7.61. The first-order valence-electron chi connectivity index (χ1n) is 10.1. The Morgan fingerprint density at radius 1 is 1.03 bits per heavy atom. The Kier molecular flexibility index (Phi) is 4.64. The van der Waals surface area contributed by atoms with Crippen molar-refractivity contribution in [3.05, 3.63) is 113 Å². The van der Waals surface area contributed by atoms with Crippen molar-refractivity contribution in [2.45, 2.75) is 26.1 Å². The van der Waals surface area contributed by atoms with Crippen LogP contribution in [0.15, 0.2) is 89.7 Å². The van der Waals surface area contributed by atoms with Crippen LogP contribution in [0.5, 0.6) is 0 Å². The Morgan fingerprint density at radius 2 is 1.87 bits per heavy atom. The van der Waals surface area contributed by atoms with Gasteiger partial charge in [0.15, 0.2) is 0 Å². The molecule has 2 aromatic heterocycles. The molecule has 0 bridgehead atoms. The van der Waals surface area contributed by atoms with Crippen molar-refractivity contribution in [2.75, 3.05) is 0 Å². The smallest absolute Gasteiger partial charge is 0.318 e. The molecule has 3 heterocycles. The van der Waals surface area contributed by atoms with E-state index in [1.165, 1.54) is 5.56 Å². The van der Waals surface area contributed by atoms with Gasteiger partial charge in [0.1, 0.15) is 5.76 Å².